The van der Waals surface area contributed by atoms with Crippen LogP contribution in [0.4, 0.5) is 5.69 Å². The second kappa shape index (κ2) is 9.16. The highest BCUT2D eigenvalue weighted by Crippen LogP contribution is 2.45. The predicted molar refractivity (Wildman–Crippen MR) is 132 cm³/mol. The number of benzene rings is 3. The van der Waals surface area contributed by atoms with Gasteiger partial charge in [0.25, 0.3) is 0 Å². The van der Waals surface area contributed by atoms with Crippen molar-refractivity contribution in [2.75, 3.05) is 24.6 Å². The highest BCUT2D eigenvalue weighted by atomic mass is 16.5. The van der Waals surface area contributed by atoms with Gasteiger partial charge < -0.3 is 20.1 Å². The molecule has 0 bridgehead atoms. The second-order valence-electron chi connectivity index (χ2n) is 9.47. The van der Waals surface area contributed by atoms with Crippen LogP contribution >= 0.6 is 0 Å². The molecule has 2 atom stereocenters. The summed E-state index contributed by atoms with van der Waals surface area (Å²) in [6.07, 6.45) is 3.97. The van der Waals surface area contributed by atoms with E-state index >= 15 is 0 Å². The van der Waals surface area contributed by atoms with Crippen LogP contribution in [0.1, 0.15) is 49.8 Å². The Morgan fingerprint density at radius 1 is 1.12 bits per heavy atom. The van der Waals surface area contributed by atoms with Crippen LogP contribution in [0, 0.1) is 0 Å². The van der Waals surface area contributed by atoms with Gasteiger partial charge in [0.1, 0.15) is 6.61 Å². The van der Waals surface area contributed by atoms with E-state index in [1.54, 1.807) is 0 Å². The number of ether oxygens (including phenoxy) is 1. The van der Waals surface area contributed by atoms with Crippen molar-refractivity contribution in [3.8, 4) is 0 Å². The molecule has 3 aromatic carbocycles. The van der Waals surface area contributed by atoms with Crippen LogP contribution in [0.25, 0.3) is 10.8 Å². The average molecular weight is 445 g/mol. The Morgan fingerprint density at radius 2 is 1.88 bits per heavy atom. The van der Waals surface area contributed by atoms with Crippen LogP contribution < -0.4 is 10.2 Å². The molecular formula is C28H32N2O3. The fourth-order valence-electron chi connectivity index (χ4n) is 5.39. The number of fused-ring (bicyclic) bond motifs is 1. The van der Waals surface area contributed by atoms with Crippen molar-refractivity contribution in [2.45, 2.75) is 50.3 Å². The lowest BCUT2D eigenvalue weighted by molar-refractivity contribution is -0.159. The second-order valence-corrected chi connectivity index (χ2v) is 9.47. The molecule has 0 radical (unpaired) electrons. The number of hydrogen-bond donors (Lipinski definition) is 2. The molecule has 5 rings (SSSR count). The first kappa shape index (κ1) is 21.9. The summed E-state index contributed by atoms with van der Waals surface area (Å²) in [5, 5.41) is 15.5. The smallest absolute Gasteiger partial charge is 0.329 e. The van der Waals surface area contributed by atoms with Crippen LogP contribution in [0.2, 0.25) is 0 Å². The number of nitrogens with zero attached hydrogens (tertiary/aromatic N) is 1. The first-order valence-electron chi connectivity index (χ1n) is 12.0. The van der Waals surface area contributed by atoms with E-state index in [-0.39, 0.29) is 12.6 Å². The lowest BCUT2D eigenvalue weighted by Crippen LogP contribution is -2.38. The molecule has 1 saturated heterocycles. The molecule has 2 fully saturated rings. The highest BCUT2D eigenvalue weighted by molar-refractivity contribution is 5.86. The molecule has 1 heterocycles. The molecular weight excluding hydrogens is 412 g/mol. The molecule has 2 aliphatic rings. The molecule has 2 N–H and O–H groups in total. The number of carboxylic acids is 1. The number of carbonyl (C=O) groups is 1. The molecule has 0 spiro atoms. The van der Waals surface area contributed by atoms with E-state index in [9.17, 15) is 4.79 Å². The zero-order valence-corrected chi connectivity index (χ0v) is 19.2. The number of aliphatic carboxylic acids is 1. The van der Waals surface area contributed by atoms with Gasteiger partial charge in [0, 0.05) is 30.9 Å². The third kappa shape index (κ3) is 4.48. The lowest BCUT2D eigenvalue weighted by Gasteiger charge is -2.41. The van der Waals surface area contributed by atoms with Gasteiger partial charge in [-0.05, 0) is 66.6 Å². The van der Waals surface area contributed by atoms with Crippen molar-refractivity contribution < 1.29 is 14.6 Å². The summed E-state index contributed by atoms with van der Waals surface area (Å²) in [4.78, 5) is 13.4. The monoisotopic (exact) mass is 444 g/mol. The van der Waals surface area contributed by atoms with E-state index in [1.807, 2.05) is 0 Å². The summed E-state index contributed by atoms with van der Waals surface area (Å²) in [6.45, 7) is 4.03. The summed E-state index contributed by atoms with van der Waals surface area (Å²) in [5.74, 6) is -0.911. The zero-order chi connectivity index (χ0) is 22.8. The minimum atomic E-state index is -0.911. The number of rotatable bonds is 8. The minimum Gasteiger partial charge on any atom is -0.480 e. The van der Waals surface area contributed by atoms with Gasteiger partial charge in [-0.25, -0.2) is 4.79 Å². The Labute approximate surface area is 195 Å². The van der Waals surface area contributed by atoms with Gasteiger partial charge in [-0.3, -0.25) is 0 Å². The summed E-state index contributed by atoms with van der Waals surface area (Å²) < 4.78 is 5.79. The van der Waals surface area contributed by atoms with Gasteiger partial charge in [0.15, 0.2) is 0 Å². The quantitative estimate of drug-likeness (QED) is 0.497. The molecule has 0 amide bonds. The van der Waals surface area contributed by atoms with E-state index in [4.69, 9.17) is 9.84 Å². The number of nitrogens with one attached hydrogen (secondary N) is 1. The maximum absolute atomic E-state index is 11.0. The summed E-state index contributed by atoms with van der Waals surface area (Å²) >= 11 is 0. The lowest BCUT2D eigenvalue weighted by atomic mass is 9.75. The fraction of sp³-hybridized carbons (Fsp3) is 0.393. The molecule has 5 heteroatoms. The predicted octanol–water partition coefficient (Wildman–Crippen LogP) is 5.25. The fourth-order valence-corrected chi connectivity index (χ4v) is 5.39. The number of hydrogen-bond acceptors (Lipinski definition) is 4. The van der Waals surface area contributed by atoms with Crippen LogP contribution in [-0.4, -0.2) is 36.8 Å². The molecule has 0 aromatic heterocycles. The Bertz CT molecular complexity index is 1120. The van der Waals surface area contributed by atoms with Gasteiger partial charge in [-0.1, -0.05) is 54.6 Å². The van der Waals surface area contributed by atoms with E-state index in [0.717, 1.165) is 44.3 Å². The molecule has 5 nitrogen and oxygen atoms in total. The molecule has 1 aliphatic heterocycles. The van der Waals surface area contributed by atoms with Crippen LogP contribution in [-0.2, 0) is 15.1 Å². The molecule has 172 valence electrons. The first-order chi connectivity index (χ1) is 16.0. The summed E-state index contributed by atoms with van der Waals surface area (Å²) in [5.41, 5.74) is 3.24. The Hall–Kier alpha value is -2.89. The standard InChI is InChI=1S/C28H32N2O3/c1-20(25-9-4-7-21-6-2-3-8-26(21)25)29-23-14-17-30(18-23)24-12-10-22(11-13-24)28(15-5-16-28)33-19-27(31)32/h2-4,6-13,20,23,29H,5,14-19H2,1H3,(H,31,32)/t20-,23?/m1/s1. The number of anilines is 1. The van der Waals surface area contributed by atoms with Crippen LogP contribution in [0.15, 0.2) is 66.7 Å². The van der Waals surface area contributed by atoms with Crippen molar-refractivity contribution in [3.05, 3.63) is 77.9 Å². The average Bonchev–Trinajstić information content (AvgIpc) is 3.26. The van der Waals surface area contributed by atoms with E-state index in [1.165, 1.54) is 22.0 Å². The van der Waals surface area contributed by atoms with Crippen molar-refractivity contribution in [3.63, 3.8) is 0 Å². The molecule has 33 heavy (non-hydrogen) atoms. The molecule has 3 aromatic rings. The van der Waals surface area contributed by atoms with Crippen molar-refractivity contribution in [1.82, 2.24) is 5.32 Å². The Kier molecular flexibility index (Phi) is 6.09. The SMILES string of the molecule is C[C@@H](NC1CCN(c2ccc(C3(OCC(=O)O)CCC3)cc2)C1)c1cccc2ccccc12. The normalized spacial score (nSPS) is 20.5. The largest absolute Gasteiger partial charge is 0.480 e. The molecule has 1 unspecified atom stereocenters. The first-order valence-corrected chi connectivity index (χ1v) is 12.0. The third-order valence-corrected chi connectivity index (χ3v) is 7.36. The Morgan fingerprint density at radius 3 is 2.61 bits per heavy atom. The van der Waals surface area contributed by atoms with Crippen molar-refractivity contribution in [2.24, 2.45) is 0 Å². The van der Waals surface area contributed by atoms with Crippen molar-refractivity contribution in [1.29, 1.82) is 0 Å². The Balaban J connectivity index is 1.22. The van der Waals surface area contributed by atoms with Gasteiger partial charge >= 0.3 is 5.97 Å². The minimum absolute atomic E-state index is 0.240. The number of carboxylic acid groups (broad SMARTS) is 1. The third-order valence-electron chi connectivity index (χ3n) is 7.36. The van der Waals surface area contributed by atoms with Crippen LogP contribution in [0.3, 0.4) is 0 Å². The van der Waals surface area contributed by atoms with E-state index in [0.29, 0.717) is 6.04 Å². The van der Waals surface area contributed by atoms with Gasteiger partial charge in [-0.15, -0.1) is 0 Å². The van der Waals surface area contributed by atoms with Gasteiger partial charge in [0.2, 0.25) is 0 Å². The topological polar surface area (TPSA) is 61.8 Å². The highest BCUT2D eigenvalue weighted by Gasteiger charge is 2.40. The van der Waals surface area contributed by atoms with Gasteiger partial charge in [-0.2, -0.15) is 0 Å². The zero-order valence-electron chi connectivity index (χ0n) is 19.2. The van der Waals surface area contributed by atoms with Crippen LogP contribution in [0.5, 0.6) is 0 Å². The maximum Gasteiger partial charge on any atom is 0.329 e. The summed E-state index contributed by atoms with van der Waals surface area (Å²) in [7, 11) is 0. The van der Waals surface area contributed by atoms with E-state index in [2.05, 4.69) is 83.9 Å². The maximum atomic E-state index is 11.0. The molecule has 1 aliphatic carbocycles. The van der Waals surface area contributed by atoms with Gasteiger partial charge in [0.05, 0.1) is 5.60 Å². The van der Waals surface area contributed by atoms with E-state index < -0.39 is 11.6 Å². The van der Waals surface area contributed by atoms with Crippen molar-refractivity contribution >= 4 is 22.4 Å². The summed E-state index contributed by atoms with van der Waals surface area (Å²) in [6, 6.07) is 24.4. The molecule has 1 saturated carbocycles.